The number of rotatable bonds is 3. The Kier molecular flexibility index (Phi) is 2.47. The van der Waals surface area contributed by atoms with Gasteiger partial charge in [0.05, 0.1) is 0 Å². The van der Waals surface area contributed by atoms with E-state index in [-0.39, 0.29) is 0 Å². The van der Waals surface area contributed by atoms with Gasteiger partial charge in [-0.15, -0.1) is 0 Å². The smallest absolute Gasteiger partial charge is 0.00987 e. The number of hydrogen-bond donors (Lipinski definition) is 1. The third-order valence-corrected chi connectivity index (χ3v) is 3.07. The van der Waals surface area contributed by atoms with E-state index < -0.39 is 0 Å². The van der Waals surface area contributed by atoms with Gasteiger partial charge in [0, 0.05) is 6.04 Å². The van der Waals surface area contributed by atoms with Crippen LogP contribution in [0.5, 0.6) is 0 Å². The average Bonchev–Trinajstić information content (AvgIpc) is 2.36. The molecule has 1 heteroatoms. The fourth-order valence-electron chi connectivity index (χ4n) is 2.05. The first-order valence-electron chi connectivity index (χ1n) is 5.02. The van der Waals surface area contributed by atoms with Crippen molar-refractivity contribution in [3.05, 3.63) is 6.42 Å². The minimum absolute atomic E-state index is 0.774. The molecular formula is C10H18N. The van der Waals surface area contributed by atoms with Crippen molar-refractivity contribution in [1.82, 2.24) is 5.32 Å². The zero-order valence-electron chi connectivity index (χ0n) is 7.18. The summed E-state index contributed by atoms with van der Waals surface area (Å²) in [6.45, 7) is 1.28. The fraction of sp³-hybridized carbons (Fsp3) is 0.900. The van der Waals surface area contributed by atoms with Gasteiger partial charge in [-0.2, -0.15) is 0 Å². The van der Waals surface area contributed by atoms with Gasteiger partial charge in [-0.1, -0.05) is 12.8 Å². The molecule has 11 heavy (non-hydrogen) atoms. The van der Waals surface area contributed by atoms with Crippen molar-refractivity contribution >= 4 is 0 Å². The van der Waals surface area contributed by atoms with E-state index in [1.54, 1.807) is 0 Å². The van der Waals surface area contributed by atoms with Crippen LogP contribution in [0.1, 0.15) is 38.5 Å². The van der Waals surface area contributed by atoms with Crippen LogP contribution in [0.3, 0.4) is 0 Å². The van der Waals surface area contributed by atoms with Crippen LogP contribution in [0.4, 0.5) is 0 Å². The Hall–Kier alpha value is -0.0400. The molecule has 0 amide bonds. The molecule has 1 atom stereocenters. The summed E-state index contributed by atoms with van der Waals surface area (Å²) in [6, 6.07) is 0.774. The monoisotopic (exact) mass is 152 g/mol. The average molecular weight is 152 g/mol. The van der Waals surface area contributed by atoms with Crippen LogP contribution in [-0.4, -0.2) is 12.6 Å². The van der Waals surface area contributed by atoms with Gasteiger partial charge in [0.25, 0.3) is 0 Å². The van der Waals surface area contributed by atoms with Crippen molar-refractivity contribution in [3.63, 3.8) is 0 Å². The summed E-state index contributed by atoms with van der Waals surface area (Å²) < 4.78 is 0. The van der Waals surface area contributed by atoms with Crippen LogP contribution in [0.15, 0.2) is 0 Å². The van der Waals surface area contributed by atoms with Crippen molar-refractivity contribution in [2.24, 2.45) is 5.92 Å². The predicted octanol–water partition coefficient (Wildman–Crippen LogP) is 2.13. The molecule has 2 rings (SSSR count). The maximum Gasteiger partial charge on any atom is 0.00987 e. The molecule has 0 bridgehead atoms. The van der Waals surface area contributed by atoms with E-state index in [1.165, 1.54) is 45.1 Å². The van der Waals surface area contributed by atoms with Gasteiger partial charge in [-0.25, -0.2) is 0 Å². The van der Waals surface area contributed by atoms with Gasteiger partial charge >= 0.3 is 0 Å². The zero-order valence-corrected chi connectivity index (χ0v) is 7.18. The standard InChI is InChI=1S/C10H18N/c1-2-5-9(4-1)8-11-10-6-3-7-10/h6,9-11H,1-5,7-8H2. The summed E-state index contributed by atoms with van der Waals surface area (Å²) >= 11 is 0. The van der Waals surface area contributed by atoms with Crippen molar-refractivity contribution in [2.75, 3.05) is 6.54 Å². The second-order valence-electron chi connectivity index (χ2n) is 3.98. The third kappa shape index (κ3) is 1.96. The van der Waals surface area contributed by atoms with Crippen LogP contribution in [0.25, 0.3) is 0 Å². The first kappa shape index (κ1) is 7.60. The Bertz CT molecular complexity index is 112. The highest BCUT2D eigenvalue weighted by molar-refractivity contribution is 4.93. The summed E-state index contributed by atoms with van der Waals surface area (Å²) in [5.74, 6) is 1.00. The van der Waals surface area contributed by atoms with E-state index in [0.717, 1.165) is 12.0 Å². The van der Waals surface area contributed by atoms with E-state index in [0.29, 0.717) is 0 Å². The zero-order chi connectivity index (χ0) is 7.52. The molecule has 1 nitrogen and oxygen atoms in total. The SMILES string of the molecule is [CH]1CCC1NCC1CCCC1. The Morgan fingerprint density at radius 1 is 1.18 bits per heavy atom. The highest BCUT2D eigenvalue weighted by Gasteiger charge is 2.20. The summed E-state index contributed by atoms with van der Waals surface area (Å²) in [7, 11) is 0. The Morgan fingerprint density at radius 2 is 1.91 bits per heavy atom. The summed E-state index contributed by atoms with van der Waals surface area (Å²) in [5.41, 5.74) is 0. The first-order chi connectivity index (χ1) is 5.45. The molecule has 0 spiro atoms. The third-order valence-electron chi connectivity index (χ3n) is 3.07. The minimum Gasteiger partial charge on any atom is -0.313 e. The second-order valence-corrected chi connectivity index (χ2v) is 3.98. The van der Waals surface area contributed by atoms with E-state index in [1.807, 2.05) is 0 Å². The molecule has 2 aliphatic rings. The molecule has 2 aliphatic carbocycles. The Labute approximate surface area is 69.6 Å². The molecule has 0 heterocycles. The molecule has 2 saturated carbocycles. The van der Waals surface area contributed by atoms with Crippen LogP contribution < -0.4 is 5.32 Å². The normalized spacial score (nSPS) is 27.3. The van der Waals surface area contributed by atoms with Crippen molar-refractivity contribution in [3.8, 4) is 0 Å². The molecule has 0 aromatic rings. The molecule has 1 N–H and O–H groups in total. The number of hydrogen-bond acceptors (Lipinski definition) is 1. The number of nitrogens with one attached hydrogen (secondary N) is 1. The lowest BCUT2D eigenvalue weighted by Crippen LogP contribution is -2.38. The highest BCUT2D eigenvalue weighted by Crippen LogP contribution is 2.25. The van der Waals surface area contributed by atoms with E-state index in [9.17, 15) is 0 Å². The molecule has 63 valence electrons. The molecule has 0 aliphatic heterocycles. The van der Waals surface area contributed by atoms with Crippen molar-refractivity contribution in [1.29, 1.82) is 0 Å². The lowest BCUT2D eigenvalue weighted by atomic mass is 9.92. The van der Waals surface area contributed by atoms with Gasteiger partial charge in [-0.3, -0.25) is 0 Å². The molecule has 0 saturated heterocycles. The molecule has 0 aromatic carbocycles. The van der Waals surface area contributed by atoms with E-state index in [2.05, 4.69) is 11.7 Å². The largest absolute Gasteiger partial charge is 0.313 e. The minimum atomic E-state index is 0.774. The molecule has 1 unspecified atom stereocenters. The van der Waals surface area contributed by atoms with Crippen LogP contribution in [0, 0.1) is 12.3 Å². The summed E-state index contributed by atoms with van der Waals surface area (Å²) in [6.07, 6.45) is 11.0. The molecule has 1 radical (unpaired) electrons. The van der Waals surface area contributed by atoms with E-state index in [4.69, 9.17) is 0 Å². The Balaban J connectivity index is 1.57. The van der Waals surface area contributed by atoms with Gasteiger partial charge in [-0.05, 0) is 44.6 Å². The van der Waals surface area contributed by atoms with E-state index >= 15 is 0 Å². The molecule has 0 aromatic heterocycles. The van der Waals surface area contributed by atoms with Crippen LogP contribution in [0.2, 0.25) is 0 Å². The van der Waals surface area contributed by atoms with Gasteiger partial charge < -0.3 is 5.32 Å². The molecule has 2 fully saturated rings. The summed E-state index contributed by atoms with van der Waals surface area (Å²) in [4.78, 5) is 0. The van der Waals surface area contributed by atoms with Crippen LogP contribution >= 0.6 is 0 Å². The fourth-order valence-corrected chi connectivity index (χ4v) is 2.05. The van der Waals surface area contributed by atoms with Gasteiger partial charge in [0.15, 0.2) is 0 Å². The van der Waals surface area contributed by atoms with Gasteiger partial charge in [0.1, 0.15) is 0 Å². The highest BCUT2D eigenvalue weighted by atomic mass is 14.9. The summed E-state index contributed by atoms with van der Waals surface area (Å²) in [5, 5.41) is 3.61. The lowest BCUT2D eigenvalue weighted by molar-refractivity contribution is 0.390. The maximum absolute atomic E-state index is 3.61. The quantitative estimate of drug-likeness (QED) is 0.653. The van der Waals surface area contributed by atoms with Crippen LogP contribution in [-0.2, 0) is 0 Å². The topological polar surface area (TPSA) is 12.0 Å². The van der Waals surface area contributed by atoms with Gasteiger partial charge in [0.2, 0.25) is 0 Å². The second kappa shape index (κ2) is 3.57. The van der Waals surface area contributed by atoms with Crippen molar-refractivity contribution < 1.29 is 0 Å². The Morgan fingerprint density at radius 3 is 2.45 bits per heavy atom. The predicted molar refractivity (Wildman–Crippen MR) is 47.3 cm³/mol. The molecular weight excluding hydrogens is 134 g/mol. The lowest BCUT2D eigenvalue weighted by Gasteiger charge is -2.27. The van der Waals surface area contributed by atoms with Crippen molar-refractivity contribution in [2.45, 2.75) is 44.6 Å². The maximum atomic E-state index is 3.61. The first-order valence-corrected chi connectivity index (χ1v) is 5.02.